The van der Waals surface area contributed by atoms with Crippen LogP contribution < -0.4 is 10.7 Å². The second-order valence-corrected chi connectivity index (χ2v) is 10.2. The van der Waals surface area contributed by atoms with E-state index < -0.39 is 17.9 Å². The van der Waals surface area contributed by atoms with Gasteiger partial charge in [0.1, 0.15) is 6.04 Å². The predicted octanol–water partition coefficient (Wildman–Crippen LogP) is 6.55. The van der Waals surface area contributed by atoms with Crippen LogP contribution in [0, 0.1) is 5.92 Å². The van der Waals surface area contributed by atoms with Crippen molar-refractivity contribution < 1.29 is 9.59 Å². The Kier molecular flexibility index (Phi) is 8.54. The van der Waals surface area contributed by atoms with Crippen LogP contribution in [0.15, 0.2) is 78.0 Å². The molecule has 190 valence electrons. The Labute approximate surface area is 230 Å². The first-order chi connectivity index (χ1) is 17.7. The molecule has 0 aliphatic carbocycles. The lowest BCUT2D eigenvalue weighted by Gasteiger charge is -2.20. The molecule has 4 rings (SSSR count). The second-order valence-electron chi connectivity index (χ2n) is 8.91. The highest BCUT2D eigenvalue weighted by atomic mass is 35.5. The molecule has 0 saturated carbocycles. The van der Waals surface area contributed by atoms with Crippen molar-refractivity contribution in [1.29, 1.82) is 0 Å². The molecule has 37 heavy (non-hydrogen) atoms. The zero-order valence-corrected chi connectivity index (χ0v) is 22.5. The highest BCUT2D eigenvalue weighted by Gasteiger charge is 2.25. The minimum atomic E-state index is -0.817. The summed E-state index contributed by atoms with van der Waals surface area (Å²) in [6.45, 7) is 4.33. The van der Waals surface area contributed by atoms with Crippen LogP contribution in [0.3, 0.4) is 0 Å². The molecular weight excluding hydrogens is 531 g/mol. The highest BCUT2D eigenvalue weighted by Crippen LogP contribution is 2.23. The summed E-state index contributed by atoms with van der Waals surface area (Å²) >= 11 is 18.1. The first-order valence-electron chi connectivity index (χ1n) is 11.6. The van der Waals surface area contributed by atoms with Gasteiger partial charge in [0.05, 0.1) is 16.8 Å². The Bertz CT molecular complexity index is 1460. The van der Waals surface area contributed by atoms with Gasteiger partial charge < -0.3 is 9.88 Å². The molecule has 0 aliphatic rings. The fourth-order valence-electron chi connectivity index (χ4n) is 3.96. The number of hydrogen-bond acceptors (Lipinski definition) is 3. The summed E-state index contributed by atoms with van der Waals surface area (Å²) in [6, 6.07) is 19.4. The molecule has 1 aromatic heterocycles. The molecule has 0 fully saturated rings. The smallest absolute Gasteiger partial charge is 0.262 e. The molecule has 1 heterocycles. The topological polar surface area (TPSA) is 75.5 Å². The van der Waals surface area contributed by atoms with Gasteiger partial charge in [-0.3, -0.25) is 9.59 Å². The molecule has 0 spiro atoms. The van der Waals surface area contributed by atoms with Gasteiger partial charge in [0.2, 0.25) is 0 Å². The molecule has 2 N–H and O–H groups in total. The molecule has 0 bridgehead atoms. The highest BCUT2D eigenvalue weighted by molar-refractivity contribution is 6.36. The summed E-state index contributed by atoms with van der Waals surface area (Å²) in [6.07, 6.45) is 3.59. The molecular formula is C28H25Cl3N4O2. The quantitative estimate of drug-likeness (QED) is 0.191. The average Bonchev–Trinajstić information content (AvgIpc) is 3.20. The van der Waals surface area contributed by atoms with E-state index in [1.54, 1.807) is 12.3 Å². The van der Waals surface area contributed by atoms with Crippen molar-refractivity contribution in [2.24, 2.45) is 11.0 Å². The zero-order valence-electron chi connectivity index (χ0n) is 20.2. The molecule has 4 aromatic rings. The molecule has 3 aromatic carbocycles. The van der Waals surface area contributed by atoms with Gasteiger partial charge in [-0.25, -0.2) is 5.43 Å². The van der Waals surface area contributed by atoms with Gasteiger partial charge in [0.15, 0.2) is 0 Å². The van der Waals surface area contributed by atoms with Crippen LogP contribution in [0.5, 0.6) is 0 Å². The van der Waals surface area contributed by atoms with Gasteiger partial charge in [-0.1, -0.05) is 79.0 Å². The number of hydrogen-bond donors (Lipinski definition) is 2. The SMILES string of the molecule is CC(C)C(NC(=O)c1ccc(Cl)cc1Cl)C(=O)N/N=C\c1cn(Cc2ccc(Cl)cc2)c2ccccc12. The standard InChI is InChI=1S/C28H25Cl3N4O2/c1-17(2)26(33-27(36)23-12-11-21(30)13-24(23)31)28(37)34-32-14-19-16-35(25-6-4-3-5-22(19)25)15-18-7-9-20(29)10-8-18/h3-14,16-17,26H,15H2,1-2H3,(H,33,36)(H,34,37)/b32-14-. The molecule has 1 unspecified atom stereocenters. The normalized spacial score (nSPS) is 12.3. The minimum absolute atomic E-state index is 0.188. The fourth-order valence-corrected chi connectivity index (χ4v) is 4.58. The molecule has 0 radical (unpaired) electrons. The second kappa shape index (κ2) is 11.8. The number of halogens is 3. The molecule has 1 atom stereocenters. The van der Waals surface area contributed by atoms with Crippen LogP contribution in [0.25, 0.3) is 10.9 Å². The van der Waals surface area contributed by atoms with Crippen LogP contribution in [-0.2, 0) is 11.3 Å². The first-order valence-corrected chi connectivity index (χ1v) is 12.8. The third-order valence-electron chi connectivity index (χ3n) is 5.88. The lowest BCUT2D eigenvalue weighted by Crippen LogP contribution is -2.48. The number of hydrazone groups is 1. The summed E-state index contributed by atoms with van der Waals surface area (Å²) in [5.74, 6) is -1.09. The van der Waals surface area contributed by atoms with E-state index in [1.165, 1.54) is 12.1 Å². The van der Waals surface area contributed by atoms with E-state index in [0.29, 0.717) is 16.6 Å². The van der Waals surface area contributed by atoms with Crippen LogP contribution in [0.4, 0.5) is 0 Å². The lowest BCUT2D eigenvalue weighted by molar-refractivity contribution is -0.123. The Morgan fingerprint density at radius 2 is 1.68 bits per heavy atom. The number of rotatable bonds is 8. The van der Waals surface area contributed by atoms with E-state index >= 15 is 0 Å². The van der Waals surface area contributed by atoms with E-state index in [0.717, 1.165) is 22.0 Å². The number of fused-ring (bicyclic) bond motifs is 1. The van der Waals surface area contributed by atoms with Crippen LogP contribution in [0.1, 0.15) is 35.3 Å². The third kappa shape index (κ3) is 6.52. The monoisotopic (exact) mass is 554 g/mol. The molecule has 0 saturated heterocycles. The van der Waals surface area contributed by atoms with Crippen molar-refractivity contribution >= 4 is 63.7 Å². The maximum absolute atomic E-state index is 12.9. The Hall–Kier alpha value is -3.32. The van der Waals surface area contributed by atoms with Gasteiger partial charge in [-0.05, 0) is 47.9 Å². The van der Waals surface area contributed by atoms with Crippen molar-refractivity contribution in [2.75, 3.05) is 0 Å². The fraction of sp³-hybridized carbons (Fsp3) is 0.179. The van der Waals surface area contributed by atoms with E-state index in [9.17, 15) is 9.59 Å². The van der Waals surface area contributed by atoms with Gasteiger partial charge in [0, 0.05) is 39.3 Å². The van der Waals surface area contributed by atoms with Crippen molar-refractivity contribution in [3.8, 4) is 0 Å². The van der Waals surface area contributed by atoms with Crippen molar-refractivity contribution in [1.82, 2.24) is 15.3 Å². The summed E-state index contributed by atoms with van der Waals surface area (Å²) < 4.78 is 2.12. The van der Waals surface area contributed by atoms with Gasteiger partial charge >= 0.3 is 0 Å². The van der Waals surface area contributed by atoms with Gasteiger partial charge in [-0.15, -0.1) is 0 Å². The molecule has 0 aliphatic heterocycles. The van der Waals surface area contributed by atoms with Crippen molar-refractivity contribution in [3.63, 3.8) is 0 Å². The first kappa shape index (κ1) is 26.7. The van der Waals surface area contributed by atoms with Gasteiger partial charge in [0.25, 0.3) is 11.8 Å². The number of para-hydroxylation sites is 1. The Morgan fingerprint density at radius 3 is 2.38 bits per heavy atom. The Balaban J connectivity index is 1.48. The number of nitrogens with one attached hydrogen (secondary N) is 2. The largest absolute Gasteiger partial charge is 0.342 e. The van der Waals surface area contributed by atoms with Crippen LogP contribution >= 0.6 is 34.8 Å². The minimum Gasteiger partial charge on any atom is -0.342 e. The summed E-state index contributed by atoms with van der Waals surface area (Å²) in [7, 11) is 0. The van der Waals surface area contributed by atoms with Gasteiger partial charge in [-0.2, -0.15) is 5.10 Å². The van der Waals surface area contributed by atoms with E-state index in [4.69, 9.17) is 34.8 Å². The maximum atomic E-state index is 12.9. The number of carbonyl (C=O) groups excluding carboxylic acids is 2. The van der Waals surface area contributed by atoms with E-state index in [1.807, 2.05) is 68.6 Å². The zero-order chi connectivity index (χ0) is 26.5. The number of aromatic nitrogens is 1. The lowest BCUT2D eigenvalue weighted by atomic mass is 10.0. The van der Waals surface area contributed by atoms with Crippen LogP contribution in [0.2, 0.25) is 15.1 Å². The molecule has 9 heteroatoms. The molecule has 6 nitrogen and oxygen atoms in total. The Morgan fingerprint density at radius 1 is 0.973 bits per heavy atom. The number of amides is 2. The van der Waals surface area contributed by atoms with Crippen LogP contribution in [-0.4, -0.2) is 28.6 Å². The maximum Gasteiger partial charge on any atom is 0.262 e. The van der Waals surface area contributed by atoms with Crippen molar-refractivity contribution in [3.05, 3.63) is 105 Å². The average molecular weight is 556 g/mol. The van der Waals surface area contributed by atoms with E-state index in [-0.39, 0.29) is 16.5 Å². The number of benzene rings is 3. The summed E-state index contributed by atoms with van der Waals surface area (Å²) in [5, 5.41) is 9.25. The summed E-state index contributed by atoms with van der Waals surface area (Å²) in [5.41, 5.74) is 5.80. The van der Waals surface area contributed by atoms with E-state index in [2.05, 4.69) is 20.4 Å². The predicted molar refractivity (Wildman–Crippen MR) is 151 cm³/mol. The summed E-state index contributed by atoms with van der Waals surface area (Å²) in [4.78, 5) is 25.7. The number of nitrogens with zero attached hydrogens (tertiary/aromatic N) is 2. The molecule has 2 amide bonds. The van der Waals surface area contributed by atoms with Crippen molar-refractivity contribution in [2.45, 2.75) is 26.4 Å². The number of carbonyl (C=O) groups is 2. The third-order valence-corrected chi connectivity index (χ3v) is 6.68.